The van der Waals surface area contributed by atoms with Crippen LogP contribution in [0.3, 0.4) is 0 Å². The highest BCUT2D eigenvalue weighted by atomic mass is 19.1. The number of nitrogens with one attached hydrogen (secondary N) is 1. The zero-order chi connectivity index (χ0) is 20.2. The van der Waals surface area contributed by atoms with Gasteiger partial charge in [-0.05, 0) is 60.7 Å². The first-order valence-corrected chi connectivity index (χ1v) is 9.91. The number of anilines is 1. The number of nitrogens with zero attached hydrogens (tertiary/aromatic N) is 3. The summed E-state index contributed by atoms with van der Waals surface area (Å²) >= 11 is 0. The van der Waals surface area contributed by atoms with Gasteiger partial charge in [0.1, 0.15) is 11.9 Å². The Morgan fingerprint density at radius 2 is 1.97 bits per heavy atom. The Morgan fingerprint density at radius 1 is 1.21 bits per heavy atom. The smallest absolute Gasteiger partial charge is 0.246 e. The summed E-state index contributed by atoms with van der Waals surface area (Å²) in [6.07, 6.45) is 5.98. The number of rotatable bonds is 6. The lowest BCUT2D eigenvalue weighted by Gasteiger charge is -2.27. The van der Waals surface area contributed by atoms with E-state index in [0.29, 0.717) is 11.6 Å². The summed E-state index contributed by atoms with van der Waals surface area (Å²) in [4.78, 5) is 15.4. The monoisotopic (exact) mass is 392 g/mol. The average Bonchev–Trinajstić information content (AvgIpc) is 3.34. The molecule has 2 atom stereocenters. The first kappa shape index (κ1) is 19.3. The van der Waals surface area contributed by atoms with E-state index in [-0.39, 0.29) is 17.8 Å². The van der Waals surface area contributed by atoms with Crippen LogP contribution in [-0.4, -0.2) is 33.7 Å². The minimum absolute atomic E-state index is 0.0927. The molecule has 0 saturated carbocycles. The number of hydrogen-bond donors (Lipinski definition) is 1. The quantitative estimate of drug-likeness (QED) is 0.694. The number of carbonyl (C=O) groups is 1. The van der Waals surface area contributed by atoms with Crippen LogP contribution in [0.4, 0.5) is 10.1 Å². The Labute approximate surface area is 170 Å². The predicted octanol–water partition coefficient (Wildman–Crippen LogP) is 3.80. The van der Waals surface area contributed by atoms with E-state index >= 15 is 0 Å². The molecule has 6 heteroatoms. The third-order valence-corrected chi connectivity index (χ3v) is 5.44. The largest absolute Gasteiger partial charge is 0.324 e. The number of benzene rings is 2. The summed E-state index contributed by atoms with van der Waals surface area (Å²) in [7, 11) is 1.93. The lowest BCUT2D eigenvalue weighted by molar-refractivity contribution is -0.121. The van der Waals surface area contributed by atoms with Gasteiger partial charge in [-0.2, -0.15) is 5.10 Å². The van der Waals surface area contributed by atoms with Gasteiger partial charge in [-0.1, -0.05) is 30.3 Å². The Kier molecular flexibility index (Phi) is 5.71. The number of aromatic nitrogens is 2. The van der Waals surface area contributed by atoms with Crippen LogP contribution in [0.25, 0.3) is 0 Å². The Hall–Kier alpha value is -2.99. The predicted molar refractivity (Wildman–Crippen MR) is 111 cm³/mol. The lowest BCUT2D eigenvalue weighted by atomic mass is 10.0. The minimum Gasteiger partial charge on any atom is -0.324 e. The maximum Gasteiger partial charge on any atom is 0.246 e. The van der Waals surface area contributed by atoms with E-state index in [9.17, 15) is 9.18 Å². The van der Waals surface area contributed by atoms with Gasteiger partial charge in [-0.15, -0.1) is 0 Å². The number of carbonyl (C=O) groups excluding carboxylic acids is 1. The zero-order valence-electron chi connectivity index (χ0n) is 16.5. The third kappa shape index (κ3) is 4.71. The molecule has 0 bridgehead atoms. The van der Waals surface area contributed by atoms with Crippen molar-refractivity contribution in [3.8, 4) is 0 Å². The van der Waals surface area contributed by atoms with E-state index in [1.807, 2.05) is 48.3 Å². The first-order valence-electron chi connectivity index (χ1n) is 9.91. The molecular weight excluding hydrogens is 367 g/mol. The van der Waals surface area contributed by atoms with E-state index in [0.717, 1.165) is 31.5 Å². The van der Waals surface area contributed by atoms with Crippen LogP contribution >= 0.6 is 0 Å². The molecule has 150 valence electrons. The summed E-state index contributed by atoms with van der Waals surface area (Å²) in [6.45, 7) is 1.71. The number of aryl methyl sites for hydroxylation is 1. The van der Waals surface area contributed by atoms with Gasteiger partial charge < -0.3 is 5.32 Å². The fraction of sp³-hybridized carbons (Fsp3) is 0.304. The first-order chi connectivity index (χ1) is 14.1. The maximum atomic E-state index is 13.2. The fourth-order valence-electron chi connectivity index (χ4n) is 4.08. The normalized spacial score (nSPS) is 17.9. The standard InChI is InChI=1S/C23H25FN4O/c1-27-15-18(14-25-27)13-17-11-12-28(16-17)22(19-5-3-2-4-6-19)23(29)26-21-9-7-20(24)8-10-21/h2-10,14-15,17,22H,11-13,16H2,1H3,(H,26,29)/t17-,22-/m1/s1. The summed E-state index contributed by atoms with van der Waals surface area (Å²) in [6, 6.07) is 15.3. The van der Waals surface area contributed by atoms with E-state index in [4.69, 9.17) is 0 Å². The van der Waals surface area contributed by atoms with Gasteiger partial charge in [-0.3, -0.25) is 14.4 Å². The molecule has 1 aliphatic heterocycles. The van der Waals surface area contributed by atoms with Crippen molar-refractivity contribution in [3.05, 3.63) is 83.9 Å². The summed E-state index contributed by atoms with van der Waals surface area (Å²) in [5, 5.41) is 7.21. The van der Waals surface area contributed by atoms with Crippen LogP contribution in [0.5, 0.6) is 0 Å². The molecule has 0 radical (unpaired) electrons. The van der Waals surface area contributed by atoms with Crippen LogP contribution in [0, 0.1) is 11.7 Å². The summed E-state index contributed by atoms with van der Waals surface area (Å²) in [5.41, 5.74) is 2.80. The van der Waals surface area contributed by atoms with E-state index in [2.05, 4.69) is 21.5 Å². The topological polar surface area (TPSA) is 50.2 Å². The second kappa shape index (κ2) is 8.57. The maximum absolute atomic E-state index is 13.2. The lowest BCUT2D eigenvalue weighted by Crippen LogP contribution is -2.36. The molecule has 4 rings (SSSR count). The Bertz CT molecular complexity index is 955. The summed E-state index contributed by atoms with van der Waals surface area (Å²) < 4.78 is 15.0. The molecule has 5 nitrogen and oxygen atoms in total. The molecule has 2 heterocycles. The zero-order valence-corrected chi connectivity index (χ0v) is 16.5. The fourth-order valence-corrected chi connectivity index (χ4v) is 4.08. The highest BCUT2D eigenvalue weighted by Gasteiger charge is 2.33. The van der Waals surface area contributed by atoms with Crippen LogP contribution in [-0.2, 0) is 18.3 Å². The number of halogens is 1. The van der Waals surface area contributed by atoms with Crippen molar-refractivity contribution < 1.29 is 9.18 Å². The van der Waals surface area contributed by atoms with E-state index in [1.54, 1.807) is 12.1 Å². The number of likely N-dealkylation sites (tertiary alicyclic amines) is 1. The van der Waals surface area contributed by atoms with Crippen LogP contribution in [0.1, 0.15) is 23.6 Å². The van der Waals surface area contributed by atoms with Crippen molar-refractivity contribution in [2.24, 2.45) is 13.0 Å². The van der Waals surface area contributed by atoms with Crippen molar-refractivity contribution in [2.75, 3.05) is 18.4 Å². The number of amides is 1. The molecule has 3 aromatic rings. The number of hydrogen-bond acceptors (Lipinski definition) is 3. The molecule has 2 aromatic carbocycles. The van der Waals surface area contributed by atoms with Crippen molar-refractivity contribution in [1.29, 1.82) is 0 Å². The Morgan fingerprint density at radius 3 is 2.66 bits per heavy atom. The van der Waals surface area contributed by atoms with Gasteiger partial charge in [0.25, 0.3) is 0 Å². The van der Waals surface area contributed by atoms with Gasteiger partial charge in [0.2, 0.25) is 5.91 Å². The Balaban J connectivity index is 1.50. The molecule has 1 aromatic heterocycles. The van der Waals surface area contributed by atoms with Crippen molar-refractivity contribution >= 4 is 11.6 Å². The van der Waals surface area contributed by atoms with Crippen LogP contribution in [0.15, 0.2) is 67.0 Å². The SMILES string of the molecule is Cn1cc(C[C@H]2CCN([C@@H](C(=O)Nc3ccc(F)cc3)c3ccccc3)C2)cn1. The van der Waals surface area contributed by atoms with Crippen molar-refractivity contribution in [3.63, 3.8) is 0 Å². The highest BCUT2D eigenvalue weighted by Crippen LogP contribution is 2.30. The van der Waals surface area contributed by atoms with Crippen molar-refractivity contribution in [2.45, 2.75) is 18.9 Å². The molecule has 0 spiro atoms. The molecule has 0 unspecified atom stereocenters. The molecule has 1 fully saturated rings. The summed E-state index contributed by atoms with van der Waals surface area (Å²) in [5.74, 6) is 0.0780. The van der Waals surface area contributed by atoms with Gasteiger partial charge in [0.05, 0.1) is 6.20 Å². The van der Waals surface area contributed by atoms with Gasteiger partial charge >= 0.3 is 0 Å². The van der Waals surface area contributed by atoms with Gasteiger partial charge in [0, 0.05) is 25.5 Å². The van der Waals surface area contributed by atoms with Gasteiger partial charge in [0.15, 0.2) is 0 Å². The van der Waals surface area contributed by atoms with Crippen molar-refractivity contribution in [1.82, 2.24) is 14.7 Å². The third-order valence-electron chi connectivity index (χ3n) is 5.44. The van der Waals surface area contributed by atoms with E-state index in [1.165, 1.54) is 17.7 Å². The second-order valence-electron chi connectivity index (χ2n) is 7.69. The minimum atomic E-state index is -0.375. The average molecular weight is 392 g/mol. The molecule has 1 N–H and O–H groups in total. The molecule has 29 heavy (non-hydrogen) atoms. The molecule has 1 aliphatic rings. The second-order valence-corrected chi connectivity index (χ2v) is 7.69. The molecule has 0 aliphatic carbocycles. The van der Waals surface area contributed by atoms with E-state index < -0.39 is 0 Å². The molecule has 1 amide bonds. The van der Waals surface area contributed by atoms with Gasteiger partial charge in [-0.25, -0.2) is 4.39 Å². The van der Waals surface area contributed by atoms with Crippen LogP contribution < -0.4 is 5.32 Å². The molecular formula is C23H25FN4O. The molecule has 1 saturated heterocycles. The highest BCUT2D eigenvalue weighted by molar-refractivity contribution is 5.95. The van der Waals surface area contributed by atoms with Crippen LogP contribution in [0.2, 0.25) is 0 Å².